The highest BCUT2D eigenvalue weighted by atomic mass is 35.5. The zero-order valence-electron chi connectivity index (χ0n) is 20.4. The molecule has 1 saturated heterocycles. The molecule has 1 aliphatic carbocycles. The standard InChI is InChI=1S/C27H26ClF3N4O2S/c28-20-8-7-18(21(12-20)27(29,30)31)14-35-23-9-6-16(10-19(23)13-33-35)11-24-25(36)34(26(37)38-24)15-22(32)17-4-2-1-3-5-17/h6-13,17,22H,1-5,14-15,32H2/b24-11-/t22-/m0/s1. The Morgan fingerprint density at radius 1 is 1.13 bits per heavy atom. The van der Waals surface area contributed by atoms with E-state index in [1.807, 2.05) is 0 Å². The van der Waals surface area contributed by atoms with Gasteiger partial charge in [0.25, 0.3) is 11.1 Å². The fourth-order valence-corrected chi connectivity index (χ4v) is 6.18. The molecule has 2 heterocycles. The van der Waals surface area contributed by atoms with Gasteiger partial charge in [0, 0.05) is 23.0 Å². The molecule has 2 fully saturated rings. The Labute approximate surface area is 227 Å². The molecule has 1 aromatic heterocycles. The van der Waals surface area contributed by atoms with Gasteiger partial charge in [-0.15, -0.1) is 0 Å². The number of imide groups is 1. The Hall–Kier alpha value is -2.82. The van der Waals surface area contributed by atoms with Gasteiger partial charge in [0.15, 0.2) is 0 Å². The molecule has 2 aliphatic rings. The number of carbonyl (C=O) groups is 2. The number of alkyl halides is 3. The quantitative estimate of drug-likeness (QED) is 0.338. The lowest BCUT2D eigenvalue weighted by Gasteiger charge is -2.29. The van der Waals surface area contributed by atoms with Crippen molar-refractivity contribution in [3.63, 3.8) is 0 Å². The second-order valence-corrected chi connectivity index (χ2v) is 11.2. The van der Waals surface area contributed by atoms with E-state index in [1.165, 1.54) is 28.1 Å². The molecule has 2 N–H and O–H groups in total. The van der Waals surface area contributed by atoms with Crippen LogP contribution in [0, 0.1) is 5.92 Å². The zero-order chi connectivity index (χ0) is 27.0. The highest BCUT2D eigenvalue weighted by molar-refractivity contribution is 8.18. The van der Waals surface area contributed by atoms with E-state index >= 15 is 0 Å². The highest BCUT2D eigenvalue weighted by Gasteiger charge is 2.37. The fraction of sp³-hybridized carbons (Fsp3) is 0.370. The Morgan fingerprint density at radius 3 is 2.63 bits per heavy atom. The molecule has 1 aliphatic heterocycles. The molecule has 1 saturated carbocycles. The Bertz CT molecular complexity index is 1420. The van der Waals surface area contributed by atoms with Crippen molar-refractivity contribution in [1.82, 2.24) is 14.7 Å². The first-order valence-electron chi connectivity index (χ1n) is 12.4. The lowest BCUT2D eigenvalue weighted by molar-refractivity contribution is -0.138. The molecule has 0 unspecified atom stereocenters. The van der Waals surface area contributed by atoms with Crippen LogP contribution in [-0.2, 0) is 17.5 Å². The molecule has 11 heteroatoms. The van der Waals surface area contributed by atoms with Crippen LogP contribution in [0.4, 0.5) is 18.0 Å². The summed E-state index contributed by atoms with van der Waals surface area (Å²) in [7, 11) is 0. The number of fused-ring (bicyclic) bond motifs is 1. The molecule has 0 radical (unpaired) electrons. The molecule has 38 heavy (non-hydrogen) atoms. The summed E-state index contributed by atoms with van der Waals surface area (Å²) >= 11 is 6.68. The summed E-state index contributed by atoms with van der Waals surface area (Å²) in [5, 5.41) is 4.65. The van der Waals surface area contributed by atoms with Crippen molar-refractivity contribution in [3.05, 3.63) is 69.2 Å². The van der Waals surface area contributed by atoms with E-state index in [0.29, 0.717) is 27.3 Å². The number of benzene rings is 2. The first-order valence-corrected chi connectivity index (χ1v) is 13.6. The number of carbonyl (C=O) groups excluding carboxylic acids is 2. The largest absolute Gasteiger partial charge is 0.416 e. The van der Waals surface area contributed by atoms with E-state index in [1.54, 1.807) is 30.5 Å². The van der Waals surface area contributed by atoms with Crippen LogP contribution in [-0.4, -0.2) is 38.4 Å². The lowest BCUT2D eigenvalue weighted by atomic mass is 9.84. The van der Waals surface area contributed by atoms with Crippen molar-refractivity contribution >= 4 is 51.5 Å². The third-order valence-electron chi connectivity index (χ3n) is 7.18. The molecule has 5 rings (SSSR count). The molecular formula is C27H26ClF3N4O2S. The molecular weight excluding hydrogens is 537 g/mol. The monoisotopic (exact) mass is 562 g/mol. The van der Waals surface area contributed by atoms with Gasteiger partial charge in [-0.3, -0.25) is 19.2 Å². The summed E-state index contributed by atoms with van der Waals surface area (Å²) in [6.45, 7) is 0.123. The molecule has 0 bridgehead atoms. The Kier molecular flexibility index (Phi) is 7.57. The number of rotatable bonds is 6. The summed E-state index contributed by atoms with van der Waals surface area (Å²) < 4.78 is 42.0. The number of hydrogen-bond donors (Lipinski definition) is 1. The molecule has 2 aromatic carbocycles. The third-order valence-corrected chi connectivity index (χ3v) is 8.33. The lowest BCUT2D eigenvalue weighted by Crippen LogP contribution is -2.44. The maximum atomic E-state index is 13.5. The summed E-state index contributed by atoms with van der Waals surface area (Å²) in [5.74, 6) is -0.0362. The van der Waals surface area contributed by atoms with E-state index in [0.717, 1.165) is 43.5 Å². The van der Waals surface area contributed by atoms with E-state index in [4.69, 9.17) is 17.3 Å². The SMILES string of the molecule is N[C@@H](CN1C(=O)S/C(=C\c2ccc3c(cnn3Cc3ccc(Cl)cc3C(F)(F)F)c2)C1=O)C1CCCCC1. The number of hydrogen-bond acceptors (Lipinski definition) is 5. The van der Waals surface area contributed by atoms with Gasteiger partial charge in [0.2, 0.25) is 0 Å². The Morgan fingerprint density at radius 2 is 1.89 bits per heavy atom. The molecule has 6 nitrogen and oxygen atoms in total. The fourth-order valence-electron chi connectivity index (χ4n) is 5.16. The number of thioether (sulfide) groups is 1. The van der Waals surface area contributed by atoms with Crippen molar-refractivity contribution in [2.45, 2.75) is 50.9 Å². The van der Waals surface area contributed by atoms with Crippen LogP contribution in [0.3, 0.4) is 0 Å². The second kappa shape index (κ2) is 10.7. The van der Waals surface area contributed by atoms with Crippen LogP contribution in [0.15, 0.2) is 47.5 Å². The van der Waals surface area contributed by atoms with Crippen molar-refractivity contribution in [3.8, 4) is 0 Å². The number of nitrogens with zero attached hydrogens (tertiary/aromatic N) is 3. The first kappa shape index (κ1) is 26.8. The number of nitrogens with two attached hydrogens (primary N) is 1. The summed E-state index contributed by atoms with van der Waals surface area (Å²) in [4.78, 5) is 27.1. The van der Waals surface area contributed by atoms with Gasteiger partial charge in [0.05, 0.1) is 28.7 Å². The number of aromatic nitrogens is 2. The molecule has 2 amide bonds. The smallest absolute Gasteiger partial charge is 0.326 e. The van der Waals surface area contributed by atoms with E-state index in [-0.39, 0.29) is 40.9 Å². The summed E-state index contributed by atoms with van der Waals surface area (Å²) in [6, 6.07) is 8.72. The van der Waals surface area contributed by atoms with Gasteiger partial charge in [-0.05, 0) is 72.0 Å². The van der Waals surface area contributed by atoms with Crippen molar-refractivity contribution < 1.29 is 22.8 Å². The minimum absolute atomic E-state index is 0.0106. The van der Waals surface area contributed by atoms with E-state index in [2.05, 4.69) is 5.10 Å². The van der Waals surface area contributed by atoms with Crippen LogP contribution in [0.2, 0.25) is 5.02 Å². The first-order chi connectivity index (χ1) is 18.1. The average Bonchev–Trinajstić information content (AvgIpc) is 3.40. The van der Waals surface area contributed by atoms with Crippen molar-refractivity contribution in [2.75, 3.05) is 6.54 Å². The van der Waals surface area contributed by atoms with Crippen LogP contribution in [0.5, 0.6) is 0 Å². The Balaban J connectivity index is 1.33. The van der Waals surface area contributed by atoms with Crippen LogP contribution < -0.4 is 5.73 Å². The third kappa shape index (κ3) is 5.62. The minimum atomic E-state index is -4.54. The van der Waals surface area contributed by atoms with Crippen LogP contribution in [0.1, 0.15) is 48.8 Å². The molecule has 3 aromatic rings. The van der Waals surface area contributed by atoms with Gasteiger partial charge in [0.1, 0.15) is 0 Å². The number of halogens is 4. The number of amides is 2. The normalized spacial score (nSPS) is 19.2. The predicted molar refractivity (Wildman–Crippen MR) is 143 cm³/mol. The van der Waals surface area contributed by atoms with Gasteiger partial charge in [-0.25, -0.2) is 0 Å². The molecule has 200 valence electrons. The summed E-state index contributed by atoms with van der Waals surface area (Å²) in [5.41, 5.74) is 6.93. The predicted octanol–water partition coefficient (Wildman–Crippen LogP) is 6.70. The topological polar surface area (TPSA) is 81.2 Å². The maximum absolute atomic E-state index is 13.5. The van der Waals surface area contributed by atoms with Gasteiger partial charge >= 0.3 is 6.18 Å². The van der Waals surface area contributed by atoms with Crippen LogP contribution >= 0.6 is 23.4 Å². The van der Waals surface area contributed by atoms with Crippen LogP contribution in [0.25, 0.3) is 17.0 Å². The van der Waals surface area contributed by atoms with Gasteiger partial charge < -0.3 is 5.73 Å². The highest BCUT2D eigenvalue weighted by Crippen LogP contribution is 2.36. The van der Waals surface area contributed by atoms with E-state index < -0.39 is 11.7 Å². The summed E-state index contributed by atoms with van der Waals surface area (Å²) in [6.07, 6.45) is 4.17. The van der Waals surface area contributed by atoms with Crippen molar-refractivity contribution in [1.29, 1.82) is 0 Å². The van der Waals surface area contributed by atoms with Gasteiger partial charge in [-0.1, -0.05) is 43.0 Å². The van der Waals surface area contributed by atoms with Crippen molar-refractivity contribution in [2.24, 2.45) is 11.7 Å². The second-order valence-electron chi connectivity index (χ2n) is 9.77. The minimum Gasteiger partial charge on any atom is -0.326 e. The maximum Gasteiger partial charge on any atom is 0.416 e. The van der Waals surface area contributed by atoms with E-state index in [9.17, 15) is 22.8 Å². The zero-order valence-corrected chi connectivity index (χ0v) is 22.0. The van der Waals surface area contributed by atoms with Gasteiger partial charge in [-0.2, -0.15) is 18.3 Å². The molecule has 1 atom stereocenters. The molecule has 0 spiro atoms. The average molecular weight is 563 g/mol.